The van der Waals surface area contributed by atoms with Gasteiger partial charge in [-0.2, -0.15) is 4.31 Å². The fourth-order valence-electron chi connectivity index (χ4n) is 1.84. The summed E-state index contributed by atoms with van der Waals surface area (Å²) in [5, 5.41) is 11.2. The fraction of sp³-hybridized carbons (Fsp3) is 0.467. The van der Waals surface area contributed by atoms with E-state index < -0.39 is 27.9 Å². The Balaban J connectivity index is 2.88. The molecule has 1 atom stereocenters. The first-order chi connectivity index (χ1) is 10.6. The summed E-state index contributed by atoms with van der Waals surface area (Å²) in [6, 6.07) is 4.85. The number of carboxylic acids is 1. The van der Waals surface area contributed by atoms with Crippen molar-refractivity contribution in [2.45, 2.75) is 44.2 Å². The van der Waals surface area contributed by atoms with Crippen LogP contribution in [0.5, 0.6) is 0 Å². The highest BCUT2D eigenvalue weighted by molar-refractivity contribution is 7.89. The molecule has 0 spiro atoms. The number of nitrogens with one attached hydrogen (secondary N) is 1. The van der Waals surface area contributed by atoms with E-state index in [1.54, 1.807) is 20.8 Å². The molecule has 1 unspecified atom stereocenters. The maximum absolute atomic E-state index is 12.3. The SMILES string of the molecule is CC(CC(=O)O)NC(=O)c1ccc(S(=O)(=O)N(C)C(C)C)cc1. The van der Waals surface area contributed by atoms with Crippen LogP contribution in [0, 0.1) is 0 Å². The van der Waals surface area contributed by atoms with Gasteiger partial charge in [-0.05, 0) is 45.0 Å². The first-order valence-electron chi connectivity index (χ1n) is 7.16. The first-order valence-corrected chi connectivity index (χ1v) is 8.60. The van der Waals surface area contributed by atoms with Gasteiger partial charge in [0, 0.05) is 24.7 Å². The third-order valence-corrected chi connectivity index (χ3v) is 5.43. The number of carbonyl (C=O) groups is 2. The average molecular weight is 342 g/mol. The normalized spacial score (nSPS) is 13.1. The Morgan fingerprint density at radius 2 is 1.70 bits per heavy atom. The number of carboxylic acid groups (broad SMARTS) is 1. The van der Waals surface area contributed by atoms with E-state index in [1.807, 2.05) is 0 Å². The van der Waals surface area contributed by atoms with Gasteiger partial charge in [-0.1, -0.05) is 0 Å². The number of aliphatic carboxylic acids is 1. The molecular weight excluding hydrogens is 320 g/mol. The Morgan fingerprint density at radius 1 is 1.17 bits per heavy atom. The first kappa shape index (κ1) is 19.1. The lowest BCUT2D eigenvalue weighted by atomic mass is 10.2. The van der Waals surface area contributed by atoms with Crippen LogP contribution in [0.3, 0.4) is 0 Å². The maximum Gasteiger partial charge on any atom is 0.305 e. The largest absolute Gasteiger partial charge is 0.481 e. The van der Waals surface area contributed by atoms with E-state index in [4.69, 9.17) is 5.11 Å². The second kappa shape index (κ2) is 7.56. The van der Waals surface area contributed by atoms with E-state index in [0.717, 1.165) is 0 Å². The lowest BCUT2D eigenvalue weighted by Gasteiger charge is -2.21. The van der Waals surface area contributed by atoms with Crippen LogP contribution in [0.1, 0.15) is 37.6 Å². The number of rotatable bonds is 7. The molecule has 128 valence electrons. The Morgan fingerprint density at radius 3 is 2.13 bits per heavy atom. The van der Waals surface area contributed by atoms with Gasteiger partial charge >= 0.3 is 5.97 Å². The van der Waals surface area contributed by atoms with E-state index in [0.29, 0.717) is 0 Å². The highest BCUT2D eigenvalue weighted by Crippen LogP contribution is 2.17. The summed E-state index contributed by atoms with van der Waals surface area (Å²) in [5.41, 5.74) is 0.272. The number of hydrogen-bond donors (Lipinski definition) is 2. The van der Waals surface area contributed by atoms with Crippen molar-refractivity contribution in [3.63, 3.8) is 0 Å². The summed E-state index contributed by atoms with van der Waals surface area (Å²) < 4.78 is 25.9. The lowest BCUT2D eigenvalue weighted by molar-refractivity contribution is -0.137. The van der Waals surface area contributed by atoms with Crippen LogP contribution in [-0.4, -0.2) is 48.8 Å². The van der Waals surface area contributed by atoms with E-state index in [9.17, 15) is 18.0 Å². The molecule has 0 aliphatic rings. The molecule has 23 heavy (non-hydrogen) atoms. The molecule has 8 heteroatoms. The van der Waals surface area contributed by atoms with Crippen LogP contribution in [0.15, 0.2) is 29.2 Å². The van der Waals surface area contributed by atoms with Crippen LogP contribution in [0.2, 0.25) is 0 Å². The lowest BCUT2D eigenvalue weighted by Crippen LogP contribution is -2.34. The molecule has 0 aromatic heterocycles. The molecule has 1 aromatic carbocycles. The van der Waals surface area contributed by atoms with Crippen LogP contribution >= 0.6 is 0 Å². The predicted octanol–water partition coefficient (Wildman–Crippen LogP) is 1.31. The minimum Gasteiger partial charge on any atom is -0.481 e. The van der Waals surface area contributed by atoms with Gasteiger partial charge in [-0.25, -0.2) is 8.42 Å². The van der Waals surface area contributed by atoms with Crippen LogP contribution < -0.4 is 5.32 Å². The van der Waals surface area contributed by atoms with Gasteiger partial charge in [0.15, 0.2) is 0 Å². The summed E-state index contributed by atoms with van der Waals surface area (Å²) in [6.45, 7) is 5.12. The minimum atomic E-state index is -3.60. The Labute approximate surface area is 136 Å². The highest BCUT2D eigenvalue weighted by Gasteiger charge is 2.23. The highest BCUT2D eigenvalue weighted by atomic mass is 32.2. The summed E-state index contributed by atoms with van der Waals surface area (Å²) in [4.78, 5) is 22.7. The van der Waals surface area contributed by atoms with Crippen molar-refractivity contribution >= 4 is 21.9 Å². The van der Waals surface area contributed by atoms with Crippen molar-refractivity contribution < 1.29 is 23.1 Å². The third kappa shape index (κ3) is 5.04. The van der Waals surface area contributed by atoms with Gasteiger partial charge in [-0.3, -0.25) is 9.59 Å². The molecule has 0 bridgehead atoms. The van der Waals surface area contributed by atoms with Crippen molar-refractivity contribution in [2.75, 3.05) is 7.05 Å². The van der Waals surface area contributed by atoms with Gasteiger partial charge in [0.05, 0.1) is 11.3 Å². The summed E-state index contributed by atoms with van der Waals surface area (Å²) in [5.74, 6) is -1.45. The number of hydrogen-bond acceptors (Lipinski definition) is 4. The van der Waals surface area contributed by atoms with Gasteiger partial charge in [0.2, 0.25) is 10.0 Å². The van der Waals surface area contributed by atoms with Gasteiger partial charge < -0.3 is 10.4 Å². The number of benzene rings is 1. The van der Waals surface area contributed by atoms with Crippen LogP contribution in [-0.2, 0) is 14.8 Å². The smallest absolute Gasteiger partial charge is 0.305 e. The number of sulfonamides is 1. The molecule has 0 aliphatic heterocycles. The van der Waals surface area contributed by atoms with E-state index in [2.05, 4.69) is 5.32 Å². The van der Waals surface area contributed by atoms with Gasteiger partial charge in [-0.15, -0.1) is 0 Å². The molecular formula is C15H22N2O5S. The van der Waals surface area contributed by atoms with Crippen LogP contribution in [0.4, 0.5) is 0 Å². The monoisotopic (exact) mass is 342 g/mol. The van der Waals surface area contributed by atoms with Gasteiger partial charge in [0.25, 0.3) is 5.91 Å². The zero-order valence-corrected chi connectivity index (χ0v) is 14.4. The standard InChI is InChI=1S/C15H22N2O5S/c1-10(2)17(4)23(21,22)13-7-5-12(6-8-13)15(20)16-11(3)9-14(18)19/h5-8,10-11H,9H2,1-4H3,(H,16,20)(H,18,19). The summed E-state index contributed by atoms with van der Waals surface area (Å²) in [6.07, 6.45) is -0.183. The summed E-state index contributed by atoms with van der Waals surface area (Å²) in [7, 11) is -2.10. The number of carbonyl (C=O) groups excluding carboxylic acids is 1. The van der Waals surface area contributed by atoms with Crippen molar-refractivity contribution in [3.8, 4) is 0 Å². The van der Waals surface area contributed by atoms with Crippen molar-refractivity contribution in [3.05, 3.63) is 29.8 Å². The maximum atomic E-state index is 12.3. The van der Waals surface area contributed by atoms with Crippen molar-refractivity contribution in [2.24, 2.45) is 0 Å². The average Bonchev–Trinajstić information content (AvgIpc) is 2.45. The van der Waals surface area contributed by atoms with Crippen LogP contribution in [0.25, 0.3) is 0 Å². The third-order valence-electron chi connectivity index (χ3n) is 3.38. The van der Waals surface area contributed by atoms with Crippen molar-refractivity contribution in [1.29, 1.82) is 0 Å². The minimum absolute atomic E-state index is 0.101. The zero-order chi connectivity index (χ0) is 17.8. The molecule has 1 amide bonds. The second-order valence-electron chi connectivity index (χ2n) is 5.61. The summed E-state index contributed by atoms with van der Waals surface area (Å²) >= 11 is 0. The number of nitrogens with zero attached hydrogens (tertiary/aromatic N) is 1. The molecule has 1 aromatic rings. The Hall–Kier alpha value is -1.93. The topological polar surface area (TPSA) is 104 Å². The fourth-order valence-corrected chi connectivity index (χ4v) is 3.21. The van der Waals surface area contributed by atoms with E-state index >= 15 is 0 Å². The van der Waals surface area contributed by atoms with Crippen molar-refractivity contribution in [1.82, 2.24) is 9.62 Å². The molecule has 0 radical (unpaired) electrons. The second-order valence-corrected chi connectivity index (χ2v) is 7.61. The predicted molar refractivity (Wildman–Crippen MR) is 85.7 cm³/mol. The van der Waals surface area contributed by atoms with Gasteiger partial charge in [0.1, 0.15) is 0 Å². The quantitative estimate of drug-likeness (QED) is 0.777. The molecule has 7 nitrogen and oxygen atoms in total. The number of amides is 1. The Bertz CT molecular complexity index is 668. The molecule has 0 heterocycles. The molecule has 2 N–H and O–H groups in total. The van der Waals surface area contributed by atoms with E-state index in [1.165, 1.54) is 35.6 Å². The molecule has 0 saturated heterocycles. The molecule has 0 saturated carbocycles. The Kier molecular flexibility index (Phi) is 6.28. The molecule has 0 fully saturated rings. The molecule has 0 aliphatic carbocycles. The zero-order valence-electron chi connectivity index (χ0n) is 13.6. The molecule has 1 rings (SSSR count). The van der Waals surface area contributed by atoms with E-state index in [-0.39, 0.29) is 22.9 Å².